The van der Waals surface area contributed by atoms with Crippen LogP contribution in [0.2, 0.25) is 0 Å². The molecule has 2 N–H and O–H groups in total. The van der Waals surface area contributed by atoms with Gasteiger partial charge in [-0.25, -0.2) is 0 Å². The van der Waals surface area contributed by atoms with Crippen molar-refractivity contribution >= 4 is 51.1 Å². The lowest BCUT2D eigenvalue weighted by atomic mass is 10.1. The van der Waals surface area contributed by atoms with Crippen molar-refractivity contribution in [1.82, 2.24) is 0 Å². The van der Waals surface area contributed by atoms with Crippen molar-refractivity contribution in [3.05, 3.63) is 34.3 Å². The van der Waals surface area contributed by atoms with Crippen LogP contribution in [0.5, 0.6) is 0 Å². The Hall–Kier alpha value is -0.620. The predicted octanol–water partition coefficient (Wildman–Crippen LogP) is 2.69. The standard InChI is InChI=1S/C10H12BrNO2.C2H3ClO.ClH/c1-14-10(13)9(12)6-7-4-2-3-5-8(7)11;1-2(3)4;/h2-5,9H,6,12H2,1H3;1H3;1H/t9-;;/m1../s1. The maximum atomic E-state index is 11.1. The molecule has 0 fully saturated rings. The topological polar surface area (TPSA) is 69.4 Å². The van der Waals surface area contributed by atoms with E-state index in [0.29, 0.717) is 6.42 Å². The van der Waals surface area contributed by atoms with Crippen LogP contribution in [0.15, 0.2) is 28.7 Å². The van der Waals surface area contributed by atoms with E-state index < -0.39 is 6.04 Å². The minimum Gasteiger partial charge on any atom is -0.468 e. The molecule has 1 rings (SSSR count). The molecule has 0 aliphatic rings. The van der Waals surface area contributed by atoms with E-state index in [-0.39, 0.29) is 23.6 Å². The van der Waals surface area contributed by atoms with Crippen LogP contribution in [0, 0.1) is 0 Å². The van der Waals surface area contributed by atoms with Gasteiger partial charge in [0.15, 0.2) is 0 Å². The second kappa shape index (κ2) is 11.2. The molecule has 7 heteroatoms. The largest absolute Gasteiger partial charge is 0.468 e. The molecule has 1 aromatic carbocycles. The third-order valence-corrected chi connectivity index (χ3v) is 2.68. The molecule has 4 nitrogen and oxygen atoms in total. The summed E-state index contributed by atoms with van der Waals surface area (Å²) in [5.41, 5.74) is 6.64. The van der Waals surface area contributed by atoms with Gasteiger partial charge in [-0.15, -0.1) is 12.4 Å². The fourth-order valence-corrected chi connectivity index (χ4v) is 1.58. The van der Waals surface area contributed by atoms with Crippen molar-refractivity contribution < 1.29 is 14.3 Å². The maximum Gasteiger partial charge on any atom is 0.322 e. The van der Waals surface area contributed by atoms with Crippen molar-refractivity contribution in [2.75, 3.05) is 7.11 Å². The summed E-state index contributed by atoms with van der Waals surface area (Å²) in [6.07, 6.45) is 0.480. The van der Waals surface area contributed by atoms with E-state index >= 15 is 0 Å². The number of halogens is 3. The van der Waals surface area contributed by atoms with E-state index in [2.05, 4.69) is 32.3 Å². The highest BCUT2D eigenvalue weighted by atomic mass is 79.9. The van der Waals surface area contributed by atoms with E-state index in [9.17, 15) is 9.59 Å². The van der Waals surface area contributed by atoms with Gasteiger partial charge in [-0.1, -0.05) is 34.1 Å². The highest BCUT2D eigenvalue weighted by Crippen LogP contribution is 2.17. The van der Waals surface area contributed by atoms with Crippen molar-refractivity contribution in [1.29, 1.82) is 0 Å². The number of hydrogen-bond acceptors (Lipinski definition) is 4. The molecule has 0 unspecified atom stereocenters. The molecule has 0 aliphatic heterocycles. The number of carbonyl (C=O) groups excluding carboxylic acids is 2. The van der Waals surface area contributed by atoms with Gasteiger partial charge in [0.05, 0.1) is 7.11 Å². The highest BCUT2D eigenvalue weighted by Gasteiger charge is 2.15. The average Bonchev–Trinajstić information content (AvgIpc) is 2.30. The van der Waals surface area contributed by atoms with Gasteiger partial charge in [0.1, 0.15) is 6.04 Å². The van der Waals surface area contributed by atoms with Crippen molar-refractivity contribution in [2.45, 2.75) is 19.4 Å². The molecule has 1 atom stereocenters. The summed E-state index contributed by atoms with van der Waals surface area (Å²) in [6.45, 7) is 1.29. The lowest BCUT2D eigenvalue weighted by Crippen LogP contribution is -2.33. The molecular formula is C12H16BrCl2NO3. The first kappa shape index (κ1) is 20.7. The molecule has 0 heterocycles. The van der Waals surface area contributed by atoms with Crippen LogP contribution in [-0.4, -0.2) is 24.4 Å². The first-order valence-electron chi connectivity index (χ1n) is 5.11. The van der Waals surface area contributed by atoms with Gasteiger partial charge < -0.3 is 10.5 Å². The van der Waals surface area contributed by atoms with E-state index in [1.807, 2.05) is 24.3 Å². The number of nitrogens with two attached hydrogens (primary N) is 1. The lowest BCUT2D eigenvalue weighted by Gasteiger charge is -2.10. The molecule has 0 amide bonds. The van der Waals surface area contributed by atoms with Crippen LogP contribution in [0.25, 0.3) is 0 Å². The van der Waals surface area contributed by atoms with Gasteiger partial charge in [-0.3, -0.25) is 9.59 Å². The van der Waals surface area contributed by atoms with Crippen molar-refractivity contribution in [3.63, 3.8) is 0 Å². The second-order valence-electron chi connectivity index (χ2n) is 3.40. The quantitative estimate of drug-likeness (QED) is 0.654. The van der Waals surface area contributed by atoms with Gasteiger partial charge >= 0.3 is 5.97 Å². The van der Waals surface area contributed by atoms with Crippen molar-refractivity contribution in [2.24, 2.45) is 5.73 Å². The Kier molecular flexibility index (Phi) is 12.2. The van der Waals surface area contributed by atoms with E-state index in [1.54, 1.807) is 0 Å². The minimum absolute atomic E-state index is 0. The summed E-state index contributed by atoms with van der Waals surface area (Å²) < 4.78 is 5.50. The third kappa shape index (κ3) is 9.90. The molecule has 0 saturated heterocycles. The Morgan fingerprint density at radius 2 is 1.89 bits per heavy atom. The SMILES string of the molecule is CC(=O)Cl.COC(=O)[C@H](N)Cc1ccccc1Br.Cl. The molecule has 19 heavy (non-hydrogen) atoms. The Morgan fingerprint density at radius 1 is 1.42 bits per heavy atom. The fraction of sp³-hybridized carbons (Fsp3) is 0.333. The second-order valence-corrected chi connectivity index (χ2v) is 4.78. The summed E-state index contributed by atoms with van der Waals surface area (Å²) in [6, 6.07) is 7.06. The number of esters is 1. The minimum atomic E-state index is -0.598. The maximum absolute atomic E-state index is 11.1. The molecule has 0 radical (unpaired) electrons. The van der Waals surface area contributed by atoms with Crippen LogP contribution in [-0.2, 0) is 20.7 Å². The van der Waals surface area contributed by atoms with E-state index in [1.165, 1.54) is 14.0 Å². The van der Waals surface area contributed by atoms with Crippen LogP contribution in [0.4, 0.5) is 0 Å². The summed E-state index contributed by atoms with van der Waals surface area (Å²) in [7, 11) is 1.34. The zero-order valence-corrected chi connectivity index (χ0v) is 13.7. The number of ether oxygens (including phenoxy) is 1. The predicted molar refractivity (Wildman–Crippen MR) is 81.6 cm³/mol. The molecule has 108 valence electrons. The number of methoxy groups -OCH3 is 1. The van der Waals surface area contributed by atoms with E-state index in [0.717, 1.165) is 10.0 Å². The Balaban J connectivity index is 0. The van der Waals surface area contributed by atoms with Gasteiger partial charge in [-0.2, -0.15) is 0 Å². The molecule has 0 aromatic heterocycles. The summed E-state index contributed by atoms with van der Waals surface area (Å²) in [4.78, 5) is 20.3. The van der Waals surface area contributed by atoms with Gasteiger partial charge in [0.2, 0.25) is 5.24 Å². The Labute approximate surface area is 132 Å². The number of hydrogen-bond donors (Lipinski definition) is 1. The number of carbonyl (C=O) groups is 2. The normalized spacial score (nSPS) is 10.4. The fourth-order valence-electron chi connectivity index (χ4n) is 1.14. The van der Waals surface area contributed by atoms with E-state index in [4.69, 9.17) is 5.73 Å². The monoisotopic (exact) mass is 371 g/mol. The van der Waals surface area contributed by atoms with Gasteiger partial charge in [0, 0.05) is 11.4 Å². The molecule has 0 bridgehead atoms. The van der Waals surface area contributed by atoms with Crippen molar-refractivity contribution in [3.8, 4) is 0 Å². The zero-order valence-electron chi connectivity index (χ0n) is 10.6. The smallest absolute Gasteiger partial charge is 0.322 e. The first-order chi connectivity index (χ1) is 8.38. The third-order valence-electron chi connectivity index (χ3n) is 1.90. The zero-order chi connectivity index (χ0) is 14.1. The summed E-state index contributed by atoms with van der Waals surface area (Å²) >= 11 is 8.02. The lowest BCUT2D eigenvalue weighted by molar-refractivity contribution is -0.142. The Morgan fingerprint density at radius 3 is 2.32 bits per heavy atom. The van der Waals surface area contributed by atoms with Gasteiger partial charge in [0.25, 0.3) is 0 Å². The first-order valence-corrected chi connectivity index (χ1v) is 6.28. The molecule has 0 saturated carbocycles. The molecule has 1 aromatic rings. The number of benzene rings is 1. The van der Waals surface area contributed by atoms with Crippen LogP contribution in [0.3, 0.4) is 0 Å². The van der Waals surface area contributed by atoms with Gasteiger partial charge in [-0.05, 0) is 29.7 Å². The molecular weight excluding hydrogens is 357 g/mol. The Bertz CT molecular complexity index is 412. The highest BCUT2D eigenvalue weighted by molar-refractivity contribution is 9.10. The average molecular weight is 373 g/mol. The van der Waals surface area contributed by atoms with Crippen LogP contribution in [0.1, 0.15) is 12.5 Å². The molecule has 0 aliphatic carbocycles. The number of rotatable bonds is 3. The molecule has 0 spiro atoms. The summed E-state index contributed by atoms with van der Waals surface area (Å²) in [5, 5.41) is -0.361. The van der Waals surface area contributed by atoms with Crippen LogP contribution < -0.4 is 5.73 Å². The van der Waals surface area contributed by atoms with Crippen LogP contribution >= 0.6 is 39.9 Å². The summed E-state index contributed by atoms with van der Waals surface area (Å²) in [5.74, 6) is -0.388.